The average molecular weight is 303 g/mol. The summed E-state index contributed by atoms with van der Waals surface area (Å²) in [7, 11) is 0. The number of hydrogen-bond acceptors (Lipinski definition) is 3. The molecule has 1 aromatic rings. The van der Waals surface area contributed by atoms with Gasteiger partial charge in [-0.2, -0.15) is 0 Å². The maximum absolute atomic E-state index is 12.0. The van der Waals surface area contributed by atoms with Crippen molar-refractivity contribution in [1.82, 2.24) is 5.32 Å². The van der Waals surface area contributed by atoms with Gasteiger partial charge in [-0.15, -0.1) is 0 Å². The summed E-state index contributed by atoms with van der Waals surface area (Å²) in [6, 6.07) is 8.21. The van der Waals surface area contributed by atoms with Crippen LogP contribution in [0.15, 0.2) is 24.3 Å². The lowest BCUT2D eigenvalue weighted by Crippen LogP contribution is -2.34. The van der Waals surface area contributed by atoms with Crippen LogP contribution in [0.3, 0.4) is 0 Å². The topological polar surface area (TPSA) is 55.4 Å². The van der Waals surface area contributed by atoms with Crippen LogP contribution in [-0.4, -0.2) is 18.5 Å². The first-order chi connectivity index (χ1) is 10.3. The number of aryl methyl sites for hydroxylation is 1. The van der Waals surface area contributed by atoms with E-state index in [2.05, 4.69) is 17.4 Å². The van der Waals surface area contributed by atoms with Gasteiger partial charge in [0, 0.05) is 0 Å². The van der Waals surface area contributed by atoms with Crippen LogP contribution in [0.2, 0.25) is 0 Å². The molecule has 1 N–H and O–H groups in total. The SMILES string of the molecule is CC(C)(C)CC(=O)OCC(=O)N[C@@H]1CCCc2ccccc21. The van der Waals surface area contributed by atoms with Gasteiger partial charge in [0.1, 0.15) is 0 Å². The number of carbonyl (C=O) groups excluding carboxylic acids is 2. The van der Waals surface area contributed by atoms with Crippen molar-refractivity contribution < 1.29 is 14.3 Å². The molecule has 22 heavy (non-hydrogen) atoms. The number of rotatable bonds is 4. The molecule has 0 saturated heterocycles. The summed E-state index contributed by atoms with van der Waals surface area (Å²) in [6.07, 6.45) is 3.36. The summed E-state index contributed by atoms with van der Waals surface area (Å²) in [6.45, 7) is 5.70. The van der Waals surface area contributed by atoms with Crippen LogP contribution >= 0.6 is 0 Å². The van der Waals surface area contributed by atoms with Crippen molar-refractivity contribution in [2.24, 2.45) is 5.41 Å². The van der Waals surface area contributed by atoms with Gasteiger partial charge in [-0.3, -0.25) is 9.59 Å². The summed E-state index contributed by atoms with van der Waals surface area (Å²) in [5.41, 5.74) is 2.35. The highest BCUT2D eigenvalue weighted by Crippen LogP contribution is 2.29. The van der Waals surface area contributed by atoms with Gasteiger partial charge in [0.25, 0.3) is 5.91 Å². The lowest BCUT2D eigenvalue weighted by Gasteiger charge is -2.26. The van der Waals surface area contributed by atoms with Gasteiger partial charge >= 0.3 is 5.97 Å². The van der Waals surface area contributed by atoms with E-state index >= 15 is 0 Å². The quantitative estimate of drug-likeness (QED) is 0.869. The second kappa shape index (κ2) is 6.95. The third kappa shape index (κ3) is 4.86. The van der Waals surface area contributed by atoms with E-state index in [1.165, 1.54) is 11.1 Å². The summed E-state index contributed by atoms with van der Waals surface area (Å²) in [5, 5.41) is 2.98. The van der Waals surface area contributed by atoms with Gasteiger partial charge in [-0.05, 0) is 35.8 Å². The lowest BCUT2D eigenvalue weighted by atomic mass is 9.88. The van der Waals surface area contributed by atoms with Gasteiger partial charge in [0.2, 0.25) is 0 Å². The van der Waals surface area contributed by atoms with Gasteiger partial charge in [-0.25, -0.2) is 0 Å². The summed E-state index contributed by atoms with van der Waals surface area (Å²) >= 11 is 0. The number of esters is 1. The lowest BCUT2D eigenvalue weighted by molar-refractivity contribution is -0.150. The van der Waals surface area contributed by atoms with Crippen molar-refractivity contribution in [3.05, 3.63) is 35.4 Å². The standard InChI is InChI=1S/C18H25NO3/c1-18(2,3)11-17(21)22-12-16(20)19-15-10-6-8-13-7-4-5-9-14(13)15/h4-5,7,9,15H,6,8,10-12H2,1-3H3,(H,19,20)/t15-/m1/s1. The van der Waals surface area contributed by atoms with Gasteiger partial charge in [-0.1, -0.05) is 45.0 Å². The summed E-state index contributed by atoms with van der Waals surface area (Å²) < 4.78 is 5.06. The van der Waals surface area contributed by atoms with Crippen molar-refractivity contribution in [3.8, 4) is 0 Å². The molecule has 0 radical (unpaired) electrons. The molecule has 1 aliphatic rings. The van der Waals surface area contributed by atoms with Gasteiger partial charge in [0.05, 0.1) is 12.5 Å². The fraction of sp³-hybridized carbons (Fsp3) is 0.556. The number of nitrogens with one attached hydrogen (secondary N) is 1. The molecule has 0 unspecified atom stereocenters. The molecular formula is C18H25NO3. The predicted molar refractivity (Wildman–Crippen MR) is 85.3 cm³/mol. The minimum atomic E-state index is -0.327. The largest absolute Gasteiger partial charge is 0.456 e. The Kier molecular flexibility index (Phi) is 5.22. The van der Waals surface area contributed by atoms with Crippen LogP contribution in [0.5, 0.6) is 0 Å². The normalized spacial score (nSPS) is 17.5. The average Bonchev–Trinajstić information content (AvgIpc) is 2.44. The van der Waals surface area contributed by atoms with Gasteiger partial charge < -0.3 is 10.1 Å². The number of carbonyl (C=O) groups is 2. The van der Waals surface area contributed by atoms with Crippen LogP contribution < -0.4 is 5.32 Å². The van der Waals surface area contributed by atoms with Crippen molar-refractivity contribution in [2.45, 2.75) is 52.5 Å². The Labute approximate surface area is 132 Å². The maximum atomic E-state index is 12.0. The first kappa shape index (κ1) is 16.5. The summed E-state index contributed by atoms with van der Waals surface area (Å²) in [4.78, 5) is 23.7. The summed E-state index contributed by atoms with van der Waals surface area (Å²) in [5.74, 6) is -0.560. The zero-order valence-corrected chi connectivity index (χ0v) is 13.6. The van der Waals surface area contributed by atoms with Crippen LogP contribution in [0.1, 0.15) is 57.2 Å². The third-order valence-corrected chi connectivity index (χ3v) is 3.74. The highest BCUT2D eigenvalue weighted by atomic mass is 16.5. The van der Waals surface area contributed by atoms with Crippen molar-refractivity contribution in [3.63, 3.8) is 0 Å². The molecule has 0 aliphatic heterocycles. The van der Waals surface area contributed by atoms with E-state index in [1.807, 2.05) is 32.9 Å². The van der Waals surface area contributed by atoms with Crippen LogP contribution in [-0.2, 0) is 20.7 Å². The molecule has 1 amide bonds. The molecule has 0 spiro atoms. The molecule has 4 nitrogen and oxygen atoms in total. The van der Waals surface area contributed by atoms with Crippen molar-refractivity contribution in [1.29, 1.82) is 0 Å². The molecule has 0 heterocycles. The Morgan fingerprint density at radius 1 is 1.27 bits per heavy atom. The fourth-order valence-corrected chi connectivity index (χ4v) is 2.77. The molecule has 120 valence electrons. The maximum Gasteiger partial charge on any atom is 0.306 e. The number of ether oxygens (including phenoxy) is 1. The third-order valence-electron chi connectivity index (χ3n) is 3.74. The highest BCUT2D eigenvalue weighted by molar-refractivity contribution is 5.81. The molecule has 4 heteroatoms. The molecule has 1 atom stereocenters. The van der Waals surface area contributed by atoms with Crippen LogP contribution in [0.4, 0.5) is 0 Å². The van der Waals surface area contributed by atoms with Crippen LogP contribution in [0.25, 0.3) is 0 Å². The van der Waals surface area contributed by atoms with E-state index in [0.29, 0.717) is 6.42 Å². The van der Waals surface area contributed by atoms with Gasteiger partial charge in [0.15, 0.2) is 6.61 Å². The predicted octanol–water partition coefficient (Wildman–Crippen LogP) is 3.16. The number of amides is 1. The van der Waals surface area contributed by atoms with E-state index in [0.717, 1.165) is 19.3 Å². The Hall–Kier alpha value is -1.84. The molecule has 0 aromatic heterocycles. The van der Waals surface area contributed by atoms with E-state index in [4.69, 9.17) is 4.74 Å². The molecule has 1 aromatic carbocycles. The molecule has 2 rings (SSSR count). The molecular weight excluding hydrogens is 278 g/mol. The van der Waals surface area contributed by atoms with Crippen molar-refractivity contribution >= 4 is 11.9 Å². The first-order valence-electron chi connectivity index (χ1n) is 7.88. The minimum Gasteiger partial charge on any atom is -0.456 e. The Morgan fingerprint density at radius 2 is 2.00 bits per heavy atom. The molecule has 0 saturated carbocycles. The van der Waals surface area contributed by atoms with Crippen LogP contribution in [0, 0.1) is 5.41 Å². The Bertz CT molecular complexity index is 546. The number of hydrogen-bond donors (Lipinski definition) is 1. The van der Waals surface area contributed by atoms with E-state index < -0.39 is 0 Å². The Morgan fingerprint density at radius 3 is 2.73 bits per heavy atom. The Balaban J connectivity index is 1.85. The van der Waals surface area contributed by atoms with E-state index in [-0.39, 0.29) is 29.9 Å². The second-order valence-electron chi connectivity index (χ2n) is 7.11. The first-order valence-corrected chi connectivity index (χ1v) is 7.88. The highest BCUT2D eigenvalue weighted by Gasteiger charge is 2.22. The molecule has 1 aliphatic carbocycles. The zero-order valence-electron chi connectivity index (χ0n) is 13.6. The minimum absolute atomic E-state index is 0.0266. The zero-order chi connectivity index (χ0) is 16.2. The number of benzene rings is 1. The molecule has 0 fully saturated rings. The molecule has 0 bridgehead atoms. The van der Waals surface area contributed by atoms with E-state index in [1.54, 1.807) is 0 Å². The van der Waals surface area contributed by atoms with Crippen molar-refractivity contribution in [2.75, 3.05) is 6.61 Å². The number of fused-ring (bicyclic) bond motifs is 1. The smallest absolute Gasteiger partial charge is 0.306 e. The fourth-order valence-electron chi connectivity index (χ4n) is 2.77. The van der Waals surface area contributed by atoms with E-state index in [9.17, 15) is 9.59 Å². The monoisotopic (exact) mass is 303 g/mol. The second-order valence-corrected chi connectivity index (χ2v) is 7.11.